The second-order valence-electron chi connectivity index (χ2n) is 5.22. The lowest BCUT2D eigenvalue weighted by atomic mass is 10.0. The molecule has 4 nitrogen and oxygen atoms in total. The van der Waals surface area contributed by atoms with Crippen LogP contribution in [0.15, 0.2) is 12.1 Å². The summed E-state index contributed by atoms with van der Waals surface area (Å²) >= 11 is 0. The minimum Gasteiger partial charge on any atom is -0.490 e. The van der Waals surface area contributed by atoms with Crippen LogP contribution in [0.5, 0.6) is 5.75 Å². The van der Waals surface area contributed by atoms with Crippen LogP contribution in [0.25, 0.3) is 0 Å². The molecule has 0 bridgehead atoms. The third-order valence-corrected chi connectivity index (χ3v) is 3.69. The van der Waals surface area contributed by atoms with Gasteiger partial charge in [-0.05, 0) is 25.7 Å². The smallest absolute Gasteiger partial charge is 0.167 e. The first kappa shape index (κ1) is 14.9. The minimum absolute atomic E-state index is 0.0514. The number of hydrogen-bond acceptors (Lipinski definition) is 4. The van der Waals surface area contributed by atoms with E-state index in [0.717, 1.165) is 37.9 Å². The van der Waals surface area contributed by atoms with Crippen LogP contribution < -0.4 is 15.4 Å². The van der Waals surface area contributed by atoms with E-state index in [1.54, 1.807) is 6.07 Å². The van der Waals surface area contributed by atoms with E-state index in [-0.39, 0.29) is 18.4 Å². The number of ether oxygens (including phenoxy) is 1. The molecule has 3 N–H and O–H groups in total. The highest BCUT2D eigenvalue weighted by atomic mass is 19.1. The van der Waals surface area contributed by atoms with Crippen molar-refractivity contribution in [3.05, 3.63) is 17.9 Å². The molecular formula is C15H23FN2O2. The number of nitrogens with zero attached hydrogens (tertiary/aromatic N) is 1. The Morgan fingerprint density at radius 1 is 1.45 bits per heavy atom. The number of piperidine rings is 1. The largest absolute Gasteiger partial charge is 0.490 e. The predicted octanol–water partition coefficient (Wildman–Crippen LogP) is 2.55. The van der Waals surface area contributed by atoms with E-state index in [1.807, 2.05) is 6.92 Å². The van der Waals surface area contributed by atoms with Crippen molar-refractivity contribution in [3.8, 4) is 5.75 Å². The summed E-state index contributed by atoms with van der Waals surface area (Å²) in [7, 11) is 0. The van der Waals surface area contributed by atoms with E-state index < -0.39 is 5.82 Å². The first-order chi connectivity index (χ1) is 9.67. The lowest BCUT2D eigenvalue weighted by Crippen LogP contribution is -2.42. The fraction of sp³-hybridized carbons (Fsp3) is 0.600. The van der Waals surface area contributed by atoms with Gasteiger partial charge < -0.3 is 20.5 Å². The molecule has 1 aromatic carbocycles. The Morgan fingerprint density at radius 3 is 2.95 bits per heavy atom. The first-order valence-electron chi connectivity index (χ1n) is 7.26. The zero-order valence-corrected chi connectivity index (χ0v) is 11.9. The number of nitrogen functional groups attached to an aromatic ring is 1. The van der Waals surface area contributed by atoms with Gasteiger partial charge in [0.15, 0.2) is 11.6 Å². The molecule has 0 aliphatic carbocycles. The molecule has 20 heavy (non-hydrogen) atoms. The maximum absolute atomic E-state index is 13.8. The second-order valence-corrected chi connectivity index (χ2v) is 5.22. The molecule has 0 radical (unpaired) electrons. The molecular weight excluding hydrogens is 259 g/mol. The Labute approximate surface area is 119 Å². The maximum Gasteiger partial charge on any atom is 0.167 e. The number of anilines is 2. The van der Waals surface area contributed by atoms with Gasteiger partial charge in [-0.3, -0.25) is 0 Å². The van der Waals surface area contributed by atoms with Crippen molar-refractivity contribution in [2.75, 3.05) is 30.4 Å². The molecule has 1 saturated heterocycles. The second kappa shape index (κ2) is 6.79. The number of aliphatic hydroxyl groups excluding tert-OH is 1. The minimum atomic E-state index is -0.433. The molecule has 0 aromatic heterocycles. The van der Waals surface area contributed by atoms with Gasteiger partial charge in [0.25, 0.3) is 0 Å². The normalized spacial score (nSPS) is 19.1. The van der Waals surface area contributed by atoms with Crippen LogP contribution in [0.4, 0.5) is 15.8 Å². The Morgan fingerprint density at radius 2 is 2.25 bits per heavy atom. The van der Waals surface area contributed by atoms with Gasteiger partial charge in [-0.2, -0.15) is 0 Å². The van der Waals surface area contributed by atoms with Crippen LogP contribution in [0.3, 0.4) is 0 Å². The number of rotatable bonds is 5. The Bertz CT molecular complexity index is 454. The molecule has 112 valence electrons. The number of nitrogens with two attached hydrogens (primary N) is 1. The molecule has 0 saturated carbocycles. The highest BCUT2D eigenvalue weighted by molar-refractivity contribution is 5.70. The monoisotopic (exact) mass is 282 g/mol. The van der Waals surface area contributed by atoms with Gasteiger partial charge in [0.1, 0.15) is 0 Å². The fourth-order valence-corrected chi connectivity index (χ4v) is 2.64. The van der Waals surface area contributed by atoms with E-state index in [9.17, 15) is 9.50 Å². The van der Waals surface area contributed by atoms with Crippen molar-refractivity contribution in [2.24, 2.45) is 0 Å². The summed E-state index contributed by atoms with van der Waals surface area (Å²) in [6, 6.07) is 3.02. The zero-order chi connectivity index (χ0) is 14.5. The lowest BCUT2D eigenvalue weighted by Gasteiger charge is -2.37. The van der Waals surface area contributed by atoms with E-state index in [2.05, 4.69) is 4.90 Å². The van der Waals surface area contributed by atoms with Crippen LogP contribution >= 0.6 is 0 Å². The summed E-state index contributed by atoms with van der Waals surface area (Å²) in [5.74, 6) is -0.199. The third-order valence-electron chi connectivity index (χ3n) is 3.69. The number of halogens is 1. The molecule has 1 unspecified atom stereocenters. The molecule has 5 heteroatoms. The molecule has 0 spiro atoms. The summed E-state index contributed by atoms with van der Waals surface area (Å²) in [6.07, 6.45) is 3.90. The van der Waals surface area contributed by atoms with Gasteiger partial charge in [0, 0.05) is 18.7 Å². The Balaban J connectivity index is 2.29. The zero-order valence-electron chi connectivity index (χ0n) is 11.9. The van der Waals surface area contributed by atoms with Crippen LogP contribution in [-0.2, 0) is 0 Å². The van der Waals surface area contributed by atoms with E-state index in [1.165, 1.54) is 6.07 Å². The number of aliphatic hydroxyl groups is 1. The molecule has 2 rings (SSSR count). The summed E-state index contributed by atoms with van der Waals surface area (Å²) in [5, 5.41) is 9.49. The number of hydrogen-bond donors (Lipinski definition) is 2. The molecule has 1 fully saturated rings. The van der Waals surface area contributed by atoms with Crippen molar-refractivity contribution in [2.45, 2.75) is 38.6 Å². The van der Waals surface area contributed by atoms with Crippen molar-refractivity contribution in [1.29, 1.82) is 0 Å². The summed E-state index contributed by atoms with van der Waals surface area (Å²) < 4.78 is 19.2. The van der Waals surface area contributed by atoms with Gasteiger partial charge in [-0.1, -0.05) is 6.92 Å². The standard InChI is InChI=1S/C15H23FN2O2/c1-2-7-20-15-9-14(13(17)8-12(15)16)18-6-4-3-5-11(18)10-19/h8-9,11,19H,2-7,10,17H2,1H3. The van der Waals surface area contributed by atoms with Crippen molar-refractivity contribution >= 4 is 11.4 Å². The molecule has 1 aliphatic rings. The average Bonchev–Trinajstić information content (AvgIpc) is 2.46. The quantitative estimate of drug-likeness (QED) is 0.815. The average molecular weight is 282 g/mol. The van der Waals surface area contributed by atoms with Gasteiger partial charge >= 0.3 is 0 Å². The van der Waals surface area contributed by atoms with Crippen LogP contribution in [0, 0.1) is 5.82 Å². The molecule has 1 aliphatic heterocycles. The summed E-state index contributed by atoms with van der Waals surface area (Å²) in [5.41, 5.74) is 7.10. The fourth-order valence-electron chi connectivity index (χ4n) is 2.64. The SMILES string of the molecule is CCCOc1cc(N2CCCCC2CO)c(N)cc1F. The maximum atomic E-state index is 13.8. The van der Waals surface area contributed by atoms with Crippen molar-refractivity contribution in [3.63, 3.8) is 0 Å². The van der Waals surface area contributed by atoms with Crippen molar-refractivity contribution < 1.29 is 14.2 Å². The van der Waals surface area contributed by atoms with E-state index in [4.69, 9.17) is 10.5 Å². The van der Waals surface area contributed by atoms with Gasteiger partial charge in [-0.15, -0.1) is 0 Å². The number of benzene rings is 1. The highest BCUT2D eigenvalue weighted by Crippen LogP contribution is 2.34. The molecule has 1 heterocycles. The Kier molecular flexibility index (Phi) is 5.06. The third kappa shape index (κ3) is 3.15. The lowest BCUT2D eigenvalue weighted by molar-refractivity contribution is 0.240. The van der Waals surface area contributed by atoms with Gasteiger partial charge in [0.2, 0.25) is 0 Å². The summed E-state index contributed by atoms with van der Waals surface area (Å²) in [6.45, 7) is 3.36. The molecule has 1 atom stereocenters. The van der Waals surface area contributed by atoms with Crippen LogP contribution in [-0.4, -0.2) is 30.9 Å². The van der Waals surface area contributed by atoms with Gasteiger partial charge in [-0.25, -0.2) is 4.39 Å². The molecule has 1 aromatic rings. The van der Waals surface area contributed by atoms with Gasteiger partial charge in [0.05, 0.1) is 30.6 Å². The Hall–Kier alpha value is -1.49. The topological polar surface area (TPSA) is 58.7 Å². The van der Waals surface area contributed by atoms with Crippen LogP contribution in [0.2, 0.25) is 0 Å². The highest BCUT2D eigenvalue weighted by Gasteiger charge is 2.24. The van der Waals surface area contributed by atoms with E-state index in [0.29, 0.717) is 12.3 Å². The summed E-state index contributed by atoms with van der Waals surface area (Å²) in [4.78, 5) is 2.07. The van der Waals surface area contributed by atoms with E-state index >= 15 is 0 Å². The first-order valence-corrected chi connectivity index (χ1v) is 7.26. The predicted molar refractivity (Wildman–Crippen MR) is 78.7 cm³/mol. The van der Waals surface area contributed by atoms with Crippen molar-refractivity contribution in [1.82, 2.24) is 0 Å². The molecule has 0 amide bonds. The van der Waals surface area contributed by atoms with Crippen LogP contribution in [0.1, 0.15) is 32.6 Å².